The molecule has 2 bridgehead atoms. The number of aliphatic hydroxyl groups is 4. The zero-order valence-corrected chi connectivity index (χ0v) is 26.6. The van der Waals surface area contributed by atoms with Gasteiger partial charge in [0.15, 0.2) is 0 Å². The molecule has 1 aromatic rings. The Morgan fingerprint density at radius 2 is 1.52 bits per heavy atom. The van der Waals surface area contributed by atoms with Gasteiger partial charge in [-0.15, -0.1) is 0 Å². The molecule has 3 aliphatic carbocycles. The number of carbonyl (C=O) groups excluding carboxylic acids is 1. The number of nitrogens with zero attached hydrogens (tertiary/aromatic N) is 1. The monoisotopic (exact) mass is 595 g/mol. The molecule has 0 amide bonds. The smallest absolute Gasteiger partial charge is 0.339 e. The van der Waals surface area contributed by atoms with Crippen LogP contribution in [0.4, 0.5) is 0 Å². The van der Waals surface area contributed by atoms with Crippen molar-refractivity contribution in [1.82, 2.24) is 4.90 Å². The van der Waals surface area contributed by atoms with E-state index < -0.39 is 5.97 Å². The molecule has 5 atom stereocenters. The number of Topliss-reactive ketones (excluding diaryl/α,β-unsaturated/α-hetero) is 1. The predicted octanol–water partition coefficient (Wildman–Crippen LogP) is 4.20. The van der Waals surface area contributed by atoms with Crippen molar-refractivity contribution in [2.75, 3.05) is 39.5 Å². The van der Waals surface area contributed by atoms with Gasteiger partial charge >= 0.3 is 5.97 Å². The van der Waals surface area contributed by atoms with E-state index in [1.54, 1.807) is 17.0 Å². The maximum absolute atomic E-state index is 11.6. The van der Waals surface area contributed by atoms with Crippen LogP contribution in [-0.4, -0.2) is 92.9 Å². The number of phenols is 1. The molecule has 9 heteroatoms. The summed E-state index contributed by atoms with van der Waals surface area (Å²) in [4.78, 5) is 23.6. The highest BCUT2D eigenvalue weighted by Gasteiger charge is 2.61. The number of carbonyl (C=O) groups is 2. The number of carboxylic acid groups (broad SMARTS) is 1. The van der Waals surface area contributed by atoms with Crippen LogP contribution in [0, 0.1) is 34.5 Å². The fourth-order valence-corrected chi connectivity index (χ4v) is 6.47. The molecular weight excluding hydrogens is 538 g/mol. The maximum Gasteiger partial charge on any atom is 0.339 e. The fourth-order valence-electron chi connectivity index (χ4n) is 6.47. The highest BCUT2D eigenvalue weighted by molar-refractivity contribution is 5.90. The Balaban J connectivity index is 0.000000280. The van der Waals surface area contributed by atoms with Gasteiger partial charge in [0, 0.05) is 31.5 Å². The molecule has 5 unspecified atom stereocenters. The average Bonchev–Trinajstić information content (AvgIpc) is 3.23. The number of aromatic carboxylic acids is 1. The zero-order chi connectivity index (χ0) is 32.1. The van der Waals surface area contributed by atoms with Gasteiger partial charge in [0.25, 0.3) is 0 Å². The highest BCUT2D eigenvalue weighted by Crippen LogP contribution is 2.63. The molecule has 6 N–H and O–H groups in total. The highest BCUT2D eigenvalue weighted by atomic mass is 16.4. The number of hydrogen-bond donors (Lipinski definition) is 6. The van der Waals surface area contributed by atoms with Gasteiger partial charge in [0.05, 0.1) is 25.9 Å². The summed E-state index contributed by atoms with van der Waals surface area (Å²) in [6.45, 7) is 15.1. The first-order valence-corrected chi connectivity index (χ1v) is 15.4. The van der Waals surface area contributed by atoms with Crippen molar-refractivity contribution < 1.29 is 40.2 Å². The quantitative estimate of drug-likeness (QED) is 0.259. The molecule has 9 nitrogen and oxygen atoms in total. The van der Waals surface area contributed by atoms with E-state index in [-0.39, 0.29) is 48.1 Å². The van der Waals surface area contributed by atoms with Gasteiger partial charge in [-0.1, -0.05) is 60.1 Å². The summed E-state index contributed by atoms with van der Waals surface area (Å²) in [7, 11) is 0. The number of para-hydroxylation sites is 1. The van der Waals surface area contributed by atoms with Crippen molar-refractivity contribution >= 4 is 11.8 Å². The largest absolute Gasteiger partial charge is 0.507 e. The maximum atomic E-state index is 11.6. The average molecular weight is 596 g/mol. The molecule has 3 fully saturated rings. The van der Waals surface area contributed by atoms with Crippen molar-refractivity contribution in [2.24, 2.45) is 34.5 Å². The number of aliphatic hydroxyl groups excluding tert-OH is 4. The minimum Gasteiger partial charge on any atom is -0.507 e. The number of carboxylic acids is 1. The summed E-state index contributed by atoms with van der Waals surface area (Å²) >= 11 is 0. The van der Waals surface area contributed by atoms with Gasteiger partial charge in [-0.05, 0) is 66.9 Å². The molecule has 3 aliphatic rings. The summed E-state index contributed by atoms with van der Waals surface area (Å²) in [5.74, 6) is 1.83. The summed E-state index contributed by atoms with van der Waals surface area (Å²) in [5.41, 5.74) is 0.240. The second-order valence-corrected chi connectivity index (χ2v) is 13.1. The van der Waals surface area contributed by atoms with E-state index in [4.69, 9.17) is 25.5 Å². The van der Waals surface area contributed by atoms with E-state index in [0.29, 0.717) is 43.2 Å². The number of benzene rings is 1. The minimum absolute atomic E-state index is 0.0255. The summed E-state index contributed by atoms with van der Waals surface area (Å²) in [6.07, 6.45) is 6.77. The lowest BCUT2D eigenvalue weighted by Crippen LogP contribution is -2.32. The standard InChI is InChI=1S/C10H16O.C10H20O.C7H6O3.C6H15NO3/c1-9(2)7-4-5-10(9,3)8(11)6-7;1-7(2)9-5-4-8(3)6-10(9)11;8-6-4-2-1-3-5(6)7(9)10;8-4-1-7(2-5-9)3-6-10/h7H,4-6H2,1-3H3;7-11H,4-6H2,1-3H3;1-4,8H,(H,9,10);8-10H,1-6H2. The lowest BCUT2D eigenvalue weighted by molar-refractivity contribution is -0.128. The summed E-state index contributed by atoms with van der Waals surface area (Å²) in [5, 5.41) is 52.5. The van der Waals surface area contributed by atoms with Gasteiger partial charge in [-0.25, -0.2) is 4.79 Å². The molecule has 0 aromatic heterocycles. The third kappa shape index (κ3) is 10.6. The lowest BCUT2D eigenvalue weighted by Gasteiger charge is -2.33. The molecule has 0 saturated heterocycles. The topological polar surface area (TPSA) is 159 Å². The van der Waals surface area contributed by atoms with Crippen molar-refractivity contribution in [2.45, 2.75) is 86.2 Å². The molecule has 3 saturated carbocycles. The van der Waals surface area contributed by atoms with E-state index in [1.807, 2.05) is 0 Å². The second kappa shape index (κ2) is 17.9. The zero-order valence-electron chi connectivity index (χ0n) is 26.6. The van der Waals surface area contributed by atoms with Crippen LogP contribution in [0.2, 0.25) is 0 Å². The number of fused-ring (bicyclic) bond motifs is 2. The number of aromatic hydroxyl groups is 1. The van der Waals surface area contributed by atoms with Gasteiger partial charge in [0.2, 0.25) is 0 Å². The van der Waals surface area contributed by atoms with Crippen LogP contribution in [0.1, 0.15) is 90.4 Å². The van der Waals surface area contributed by atoms with E-state index in [0.717, 1.165) is 25.2 Å². The number of ketones is 1. The van der Waals surface area contributed by atoms with Crippen LogP contribution >= 0.6 is 0 Å². The van der Waals surface area contributed by atoms with Crippen molar-refractivity contribution in [3.63, 3.8) is 0 Å². The molecule has 0 heterocycles. The van der Waals surface area contributed by atoms with Crippen molar-refractivity contribution in [3.05, 3.63) is 29.8 Å². The first kappa shape index (κ1) is 38.0. The Morgan fingerprint density at radius 3 is 1.83 bits per heavy atom. The Hall–Kier alpha value is -2.04. The van der Waals surface area contributed by atoms with Crippen LogP contribution in [-0.2, 0) is 4.79 Å². The lowest BCUT2D eigenvalue weighted by atomic mass is 9.70. The Morgan fingerprint density at radius 1 is 0.976 bits per heavy atom. The van der Waals surface area contributed by atoms with Crippen LogP contribution in [0.15, 0.2) is 24.3 Å². The van der Waals surface area contributed by atoms with Gasteiger partial charge in [-0.2, -0.15) is 0 Å². The van der Waals surface area contributed by atoms with E-state index >= 15 is 0 Å². The van der Waals surface area contributed by atoms with E-state index in [1.165, 1.54) is 31.4 Å². The molecule has 0 radical (unpaired) electrons. The van der Waals surface area contributed by atoms with E-state index in [2.05, 4.69) is 41.5 Å². The Labute approximate surface area is 252 Å². The van der Waals surface area contributed by atoms with E-state index in [9.17, 15) is 14.7 Å². The molecule has 242 valence electrons. The molecule has 1 aromatic carbocycles. The summed E-state index contributed by atoms with van der Waals surface area (Å²) in [6, 6.07) is 5.81. The molecule has 42 heavy (non-hydrogen) atoms. The fraction of sp³-hybridized carbons (Fsp3) is 0.758. The SMILES string of the molecule is CC12CCC(CC1=O)C2(C)C.CC1CCC(C(C)C)C(O)C1.O=C(O)c1ccccc1O.OCCN(CCO)CCO. The number of rotatable bonds is 8. The van der Waals surface area contributed by atoms with Gasteiger partial charge < -0.3 is 30.6 Å². The minimum atomic E-state index is -1.11. The molecule has 0 spiro atoms. The molecular formula is C33H57NO8. The Kier molecular flexibility index (Phi) is 16.2. The van der Waals surface area contributed by atoms with Crippen LogP contribution in [0.3, 0.4) is 0 Å². The van der Waals surface area contributed by atoms with Crippen molar-refractivity contribution in [3.8, 4) is 5.75 Å². The first-order chi connectivity index (χ1) is 19.7. The Bertz CT molecular complexity index is 937. The van der Waals surface area contributed by atoms with Gasteiger partial charge in [0.1, 0.15) is 17.1 Å². The van der Waals surface area contributed by atoms with Crippen LogP contribution in [0.5, 0.6) is 5.75 Å². The predicted molar refractivity (Wildman–Crippen MR) is 164 cm³/mol. The number of hydrogen-bond acceptors (Lipinski definition) is 8. The van der Waals surface area contributed by atoms with Crippen LogP contribution in [0.25, 0.3) is 0 Å². The second-order valence-electron chi connectivity index (χ2n) is 13.1. The third-order valence-corrected chi connectivity index (χ3v) is 9.85. The van der Waals surface area contributed by atoms with Gasteiger partial charge in [-0.3, -0.25) is 9.69 Å². The summed E-state index contributed by atoms with van der Waals surface area (Å²) < 4.78 is 0. The normalized spacial score (nSPS) is 27.4. The van der Waals surface area contributed by atoms with Crippen LogP contribution < -0.4 is 0 Å². The molecule has 0 aliphatic heterocycles. The van der Waals surface area contributed by atoms with Crippen molar-refractivity contribution in [1.29, 1.82) is 0 Å². The molecule has 4 rings (SSSR count). The third-order valence-electron chi connectivity index (χ3n) is 9.85. The first-order valence-electron chi connectivity index (χ1n) is 15.4.